The minimum absolute atomic E-state index is 0.0122. The summed E-state index contributed by atoms with van der Waals surface area (Å²) in [6.07, 6.45) is 3.63. The lowest BCUT2D eigenvalue weighted by Gasteiger charge is -2.11. The van der Waals surface area contributed by atoms with Crippen LogP contribution in [-0.4, -0.2) is 47.8 Å². The number of carboxylic acid groups (broad SMARTS) is 1. The molecule has 1 aliphatic heterocycles. The molecule has 1 aliphatic rings. The van der Waals surface area contributed by atoms with Crippen LogP contribution in [0.5, 0.6) is 5.88 Å². The van der Waals surface area contributed by atoms with Crippen molar-refractivity contribution in [2.75, 3.05) is 19.8 Å². The molecule has 7 heteroatoms. The molecule has 0 bridgehead atoms. The Bertz CT molecular complexity index is 514. The summed E-state index contributed by atoms with van der Waals surface area (Å²) < 4.78 is 10.9. The first-order valence-electron chi connectivity index (χ1n) is 7.35. The van der Waals surface area contributed by atoms with Gasteiger partial charge < -0.3 is 19.9 Å². The minimum atomic E-state index is -0.821. The Morgan fingerprint density at radius 3 is 3.05 bits per heavy atom. The lowest BCUT2D eigenvalue weighted by Crippen LogP contribution is -2.25. The summed E-state index contributed by atoms with van der Waals surface area (Å²) in [5.41, 5.74) is 0.474. The zero-order valence-corrected chi connectivity index (χ0v) is 12.3. The highest BCUT2D eigenvalue weighted by atomic mass is 16.5. The Morgan fingerprint density at radius 2 is 2.32 bits per heavy atom. The summed E-state index contributed by atoms with van der Waals surface area (Å²) in [6, 6.07) is 3.22. The van der Waals surface area contributed by atoms with E-state index < -0.39 is 5.97 Å². The van der Waals surface area contributed by atoms with Gasteiger partial charge in [0.1, 0.15) is 6.10 Å². The van der Waals surface area contributed by atoms with Gasteiger partial charge in [0.05, 0.1) is 13.2 Å². The zero-order chi connectivity index (χ0) is 15.8. The van der Waals surface area contributed by atoms with Crippen molar-refractivity contribution in [1.82, 2.24) is 10.3 Å². The lowest BCUT2D eigenvalue weighted by molar-refractivity contribution is -0.137. The summed E-state index contributed by atoms with van der Waals surface area (Å²) in [6.45, 7) is 1.67. The SMILES string of the molecule is O=C(O)CCCCNC(=O)c1ccnc(OC2CCOC2)c1. The van der Waals surface area contributed by atoms with Gasteiger partial charge in [0.15, 0.2) is 0 Å². The molecule has 0 aliphatic carbocycles. The van der Waals surface area contributed by atoms with E-state index in [-0.39, 0.29) is 18.4 Å². The molecule has 22 heavy (non-hydrogen) atoms. The summed E-state index contributed by atoms with van der Waals surface area (Å²) in [5.74, 6) is -0.627. The Morgan fingerprint density at radius 1 is 1.45 bits per heavy atom. The average molecular weight is 308 g/mol. The fourth-order valence-corrected chi connectivity index (χ4v) is 2.10. The molecule has 1 fully saturated rings. The van der Waals surface area contributed by atoms with Crippen LogP contribution in [0.25, 0.3) is 0 Å². The van der Waals surface area contributed by atoms with Gasteiger partial charge in [-0.2, -0.15) is 0 Å². The predicted molar refractivity (Wildman–Crippen MR) is 77.9 cm³/mol. The first-order chi connectivity index (χ1) is 10.6. The van der Waals surface area contributed by atoms with E-state index in [2.05, 4.69) is 10.3 Å². The van der Waals surface area contributed by atoms with E-state index in [1.54, 1.807) is 12.1 Å². The van der Waals surface area contributed by atoms with E-state index in [1.165, 1.54) is 6.20 Å². The third-order valence-electron chi connectivity index (χ3n) is 3.28. The quantitative estimate of drug-likeness (QED) is 0.701. The molecular formula is C15H20N2O5. The molecule has 2 rings (SSSR count). The van der Waals surface area contributed by atoms with Crippen LogP contribution in [0.3, 0.4) is 0 Å². The molecule has 120 valence electrons. The van der Waals surface area contributed by atoms with Crippen LogP contribution < -0.4 is 10.1 Å². The summed E-state index contributed by atoms with van der Waals surface area (Å²) in [7, 11) is 0. The molecule has 2 heterocycles. The number of nitrogens with one attached hydrogen (secondary N) is 1. The fraction of sp³-hybridized carbons (Fsp3) is 0.533. The van der Waals surface area contributed by atoms with Crippen LogP contribution >= 0.6 is 0 Å². The number of carbonyl (C=O) groups excluding carboxylic acids is 1. The number of hydrogen-bond acceptors (Lipinski definition) is 5. The van der Waals surface area contributed by atoms with Gasteiger partial charge in [-0.15, -0.1) is 0 Å². The van der Waals surface area contributed by atoms with Crippen molar-refractivity contribution in [3.05, 3.63) is 23.9 Å². The molecule has 1 atom stereocenters. The third-order valence-corrected chi connectivity index (χ3v) is 3.28. The number of carbonyl (C=O) groups is 2. The van der Waals surface area contributed by atoms with Crippen LogP contribution in [0.1, 0.15) is 36.0 Å². The molecule has 1 amide bonds. The molecule has 7 nitrogen and oxygen atoms in total. The highest BCUT2D eigenvalue weighted by molar-refractivity contribution is 5.94. The van der Waals surface area contributed by atoms with Crippen molar-refractivity contribution in [1.29, 1.82) is 0 Å². The van der Waals surface area contributed by atoms with Crippen LogP contribution in [0.15, 0.2) is 18.3 Å². The number of amides is 1. The Balaban J connectivity index is 1.78. The van der Waals surface area contributed by atoms with E-state index in [4.69, 9.17) is 14.6 Å². The summed E-state index contributed by atoms with van der Waals surface area (Å²) >= 11 is 0. The van der Waals surface area contributed by atoms with E-state index in [0.29, 0.717) is 44.0 Å². The average Bonchev–Trinajstić information content (AvgIpc) is 2.99. The van der Waals surface area contributed by atoms with Crippen molar-refractivity contribution in [2.24, 2.45) is 0 Å². The van der Waals surface area contributed by atoms with E-state index >= 15 is 0 Å². The fourth-order valence-electron chi connectivity index (χ4n) is 2.10. The Labute approximate surface area is 128 Å². The lowest BCUT2D eigenvalue weighted by atomic mass is 10.2. The van der Waals surface area contributed by atoms with Gasteiger partial charge in [-0.05, 0) is 18.9 Å². The van der Waals surface area contributed by atoms with Gasteiger partial charge >= 0.3 is 5.97 Å². The van der Waals surface area contributed by atoms with Crippen LogP contribution in [0.2, 0.25) is 0 Å². The molecule has 1 aromatic heterocycles. The monoisotopic (exact) mass is 308 g/mol. The minimum Gasteiger partial charge on any atom is -0.481 e. The van der Waals surface area contributed by atoms with Crippen LogP contribution in [-0.2, 0) is 9.53 Å². The largest absolute Gasteiger partial charge is 0.481 e. The van der Waals surface area contributed by atoms with Gasteiger partial charge in [0, 0.05) is 37.2 Å². The van der Waals surface area contributed by atoms with Crippen LogP contribution in [0, 0.1) is 0 Å². The van der Waals surface area contributed by atoms with E-state index in [9.17, 15) is 9.59 Å². The highest BCUT2D eigenvalue weighted by Gasteiger charge is 2.18. The first kappa shape index (κ1) is 16.2. The molecule has 0 spiro atoms. The topological polar surface area (TPSA) is 97.8 Å². The second-order valence-electron chi connectivity index (χ2n) is 5.09. The Hall–Kier alpha value is -2.15. The normalized spacial score (nSPS) is 17.2. The number of hydrogen-bond donors (Lipinski definition) is 2. The molecule has 1 aromatic rings. The van der Waals surface area contributed by atoms with Crippen molar-refractivity contribution >= 4 is 11.9 Å². The van der Waals surface area contributed by atoms with Crippen molar-refractivity contribution in [2.45, 2.75) is 31.8 Å². The molecule has 0 saturated carbocycles. The van der Waals surface area contributed by atoms with Crippen molar-refractivity contribution in [3.63, 3.8) is 0 Å². The number of pyridine rings is 1. The standard InChI is InChI=1S/C15H20N2O5/c18-14(19)3-1-2-6-17-15(20)11-4-7-16-13(9-11)22-12-5-8-21-10-12/h4,7,9,12H,1-3,5-6,8,10H2,(H,17,20)(H,18,19). The highest BCUT2D eigenvalue weighted by Crippen LogP contribution is 2.15. The molecule has 1 unspecified atom stereocenters. The number of carboxylic acids is 1. The molecule has 2 N–H and O–H groups in total. The maximum absolute atomic E-state index is 12.0. The maximum Gasteiger partial charge on any atom is 0.303 e. The van der Waals surface area contributed by atoms with E-state index in [1.807, 2.05) is 0 Å². The first-order valence-corrected chi connectivity index (χ1v) is 7.35. The number of nitrogens with zero attached hydrogens (tertiary/aromatic N) is 1. The maximum atomic E-state index is 12.0. The molecule has 0 radical (unpaired) electrons. The summed E-state index contributed by atoms with van der Waals surface area (Å²) in [4.78, 5) is 26.5. The molecule has 0 aromatic carbocycles. The number of aromatic nitrogens is 1. The summed E-state index contributed by atoms with van der Waals surface area (Å²) in [5, 5.41) is 11.3. The number of aliphatic carboxylic acids is 1. The van der Waals surface area contributed by atoms with Gasteiger partial charge in [-0.25, -0.2) is 4.98 Å². The van der Waals surface area contributed by atoms with Crippen LogP contribution in [0.4, 0.5) is 0 Å². The zero-order valence-electron chi connectivity index (χ0n) is 12.3. The second kappa shape index (κ2) is 8.33. The van der Waals surface area contributed by atoms with E-state index in [0.717, 1.165) is 6.42 Å². The van der Waals surface area contributed by atoms with Gasteiger partial charge in [-0.1, -0.05) is 0 Å². The van der Waals surface area contributed by atoms with Crippen molar-refractivity contribution < 1.29 is 24.2 Å². The number of ether oxygens (including phenoxy) is 2. The van der Waals surface area contributed by atoms with Gasteiger partial charge in [0.2, 0.25) is 5.88 Å². The smallest absolute Gasteiger partial charge is 0.303 e. The number of unbranched alkanes of at least 4 members (excludes halogenated alkanes) is 1. The number of rotatable bonds is 8. The Kier molecular flexibility index (Phi) is 6.14. The van der Waals surface area contributed by atoms with Gasteiger partial charge in [-0.3, -0.25) is 9.59 Å². The molecular weight excluding hydrogens is 288 g/mol. The predicted octanol–water partition coefficient (Wildman–Crippen LogP) is 1.23. The molecule has 1 saturated heterocycles. The third kappa shape index (κ3) is 5.33. The van der Waals surface area contributed by atoms with Gasteiger partial charge in [0.25, 0.3) is 5.91 Å². The second-order valence-corrected chi connectivity index (χ2v) is 5.09. The van der Waals surface area contributed by atoms with Crippen molar-refractivity contribution in [3.8, 4) is 5.88 Å².